The van der Waals surface area contributed by atoms with Crippen LogP contribution in [0.2, 0.25) is 0 Å². The lowest BCUT2D eigenvalue weighted by Gasteiger charge is -2.23. The average molecular weight is 471 g/mol. The van der Waals surface area contributed by atoms with E-state index in [-0.39, 0.29) is 11.3 Å². The van der Waals surface area contributed by atoms with E-state index in [0.717, 1.165) is 4.70 Å². The molecule has 34 heavy (non-hydrogen) atoms. The summed E-state index contributed by atoms with van der Waals surface area (Å²) in [5.41, 5.74) is 1.66. The summed E-state index contributed by atoms with van der Waals surface area (Å²) < 4.78 is 5.98. The zero-order chi connectivity index (χ0) is 23.8. The zero-order valence-electron chi connectivity index (χ0n) is 18.0. The van der Waals surface area contributed by atoms with Crippen LogP contribution in [0.4, 0.5) is 5.13 Å². The first-order chi connectivity index (χ1) is 16.4. The molecule has 2 heterocycles. The molecule has 4 aromatic rings. The third kappa shape index (κ3) is 3.74. The lowest BCUT2D eigenvalue weighted by Crippen LogP contribution is -2.29. The molecule has 1 aliphatic rings. The summed E-state index contributed by atoms with van der Waals surface area (Å²) in [6, 6.07) is 21.6. The molecule has 1 aromatic heterocycles. The standard InChI is InChI=1S/C26H18N2O5S/c1-15(29)33-18-13-11-16(12-14-18)22-21(23(30)17-7-3-2-4-8-17)24(31)25(32)28(22)26-27-19-9-5-6-10-20(19)34-26/h2-14,22,30H,1H3. The lowest BCUT2D eigenvalue weighted by atomic mass is 9.95. The fourth-order valence-electron chi connectivity index (χ4n) is 3.94. The van der Waals surface area contributed by atoms with E-state index in [2.05, 4.69) is 4.98 Å². The molecular formula is C26H18N2O5S. The van der Waals surface area contributed by atoms with E-state index in [0.29, 0.717) is 27.5 Å². The molecule has 1 unspecified atom stereocenters. The van der Waals surface area contributed by atoms with Gasteiger partial charge in [0.15, 0.2) is 5.13 Å². The number of para-hydroxylation sites is 1. The average Bonchev–Trinajstić information content (AvgIpc) is 3.38. The number of hydrogen-bond acceptors (Lipinski definition) is 7. The van der Waals surface area contributed by atoms with E-state index in [1.807, 2.05) is 24.3 Å². The summed E-state index contributed by atoms with van der Waals surface area (Å²) in [5, 5.41) is 11.5. The number of fused-ring (bicyclic) bond motifs is 1. The molecule has 1 saturated heterocycles. The Morgan fingerprint density at radius 1 is 0.971 bits per heavy atom. The Morgan fingerprint density at radius 2 is 1.65 bits per heavy atom. The Balaban J connectivity index is 1.69. The highest BCUT2D eigenvalue weighted by atomic mass is 32.1. The first-order valence-corrected chi connectivity index (χ1v) is 11.3. The summed E-state index contributed by atoms with van der Waals surface area (Å²) in [7, 11) is 0. The number of Topliss-reactive ketones (excluding diaryl/α,β-unsaturated/α-hetero) is 1. The molecule has 1 atom stereocenters. The molecule has 1 amide bonds. The van der Waals surface area contributed by atoms with E-state index >= 15 is 0 Å². The van der Waals surface area contributed by atoms with Crippen LogP contribution >= 0.6 is 11.3 Å². The molecular weight excluding hydrogens is 452 g/mol. The molecule has 0 saturated carbocycles. The number of benzene rings is 3. The van der Waals surface area contributed by atoms with Crippen molar-refractivity contribution in [1.29, 1.82) is 0 Å². The third-order valence-corrected chi connectivity index (χ3v) is 6.47. The van der Waals surface area contributed by atoms with E-state index in [9.17, 15) is 19.5 Å². The summed E-state index contributed by atoms with van der Waals surface area (Å²) >= 11 is 1.29. The van der Waals surface area contributed by atoms with Crippen LogP contribution in [-0.2, 0) is 14.4 Å². The van der Waals surface area contributed by atoms with Crippen molar-refractivity contribution < 1.29 is 24.2 Å². The lowest BCUT2D eigenvalue weighted by molar-refractivity contribution is -0.132. The smallest absolute Gasteiger partial charge is 0.308 e. The number of hydrogen-bond donors (Lipinski definition) is 1. The third-order valence-electron chi connectivity index (χ3n) is 5.44. The van der Waals surface area contributed by atoms with Gasteiger partial charge in [-0.05, 0) is 29.8 Å². The number of esters is 1. The van der Waals surface area contributed by atoms with Crippen molar-refractivity contribution in [2.75, 3.05) is 4.90 Å². The van der Waals surface area contributed by atoms with Gasteiger partial charge in [-0.1, -0.05) is 65.9 Å². The van der Waals surface area contributed by atoms with Crippen LogP contribution in [0.5, 0.6) is 5.75 Å². The highest BCUT2D eigenvalue weighted by Crippen LogP contribution is 2.44. The number of ketones is 1. The second kappa shape index (κ2) is 8.57. The van der Waals surface area contributed by atoms with Crippen LogP contribution in [0.1, 0.15) is 24.1 Å². The minimum Gasteiger partial charge on any atom is -0.507 e. The van der Waals surface area contributed by atoms with Crippen molar-refractivity contribution in [3.05, 3.63) is 95.6 Å². The topological polar surface area (TPSA) is 96.8 Å². The van der Waals surface area contributed by atoms with Gasteiger partial charge < -0.3 is 9.84 Å². The SMILES string of the molecule is CC(=O)Oc1ccc(C2C(=C(O)c3ccccc3)C(=O)C(=O)N2c2nc3ccccc3s2)cc1. The maximum absolute atomic E-state index is 13.3. The van der Waals surface area contributed by atoms with Gasteiger partial charge in [0, 0.05) is 12.5 Å². The Labute approximate surface area is 198 Å². The van der Waals surface area contributed by atoms with Crippen molar-refractivity contribution in [3.63, 3.8) is 0 Å². The molecule has 1 N–H and O–H groups in total. The van der Waals surface area contributed by atoms with Gasteiger partial charge >= 0.3 is 11.9 Å². The molecule has 5 rings (SSSR count). The number of thiazole rings is 1. The largest absolute Gasteiger partial charge is 0.507 e. The fraction of sp³-hybridized carbons (Fsp3) is 0.0769. The maximum Gasteiger partial charge on any atom is 0.308 e. The molecule has 8 heteroatoms. The van der Waals surface area contributed by atoms with Gasteiger partial charge in [-0.25, -0.2) is 4.98 Å². The van der Waals surface area contributed by atoms with E-state index in [1.165, 1.54) is 23.2 Å². The second-order valence-corrected chi connectivity index (χ2v) is 8.67. The maximum atomic E-state index is 13.3. The van der Waals surface area contributed by atoms with E-state index < -0.39 is 23.7 Å². The molecule has 168 valence electrons. The van der Waals surface area contributed by atoms with E-state index in [4.69, 9.17) is 4.74 Å². The minimum absolute atomic E-state index is 0.0318. The molecule has 0 spiro atoms. The van der Waals surface area contributed by atoms with Crippen molar-refractivity contribution >= 4 is 50.1 Å². The van der Waals surface area contributed by atoms with Gasteiger partial charge in [-0.15, -0.1) is 0 Å². The normalized spacial score (nSPS) is 17.3. The van der Waals surface area contributed by atoms with Gasteiger partial charge in [0.05, 0.1) is 21.8 Å². The molecule has 1 aliphatic heterocycles. The summed E-state index contributed by atoms with van der Waals surface area (Å²) in [6.45, 7) is 1.30. The van der Waals surface area contributed by atoms with Gasteiger partial charge in [0.25, 0.3) is 5.78 Å². The van der Waals surface area contributed by atoms with E-state index in [1.54, 1.807) is 54.6 Å². The van der Waals surface area contributed by atoms with Gasteiger partial charge in [0.2, 0.25) is 0 Å². The molecule has 7 nitrogen and oxygen atoms in total. The van der Waals surface area contributed by atoms with Gasteiger partial charge in [0.1, 0.15) is 11.5 Å². The quantitative estimate of drug-likeness (QED) is 0.151. The molecule has 3 aromatic carbocycles. The Bertz CT molecular complexity index is 1420. The minimum atomic E-state index is -0.910. The number of aromatic nitrogens is 1. The molecule has 0 aliphatic carbocycles. The number of carbonyl (C=O) groups excluding carboxylic acids is 3. The number of aliphatic hydroxyl groups excluding tert-OH is 1. The van der Waals surface area contributed by atoms with Crippen LogP contribution in [0.25, 0.3) is 16.0 Å². The first-order valence-electron chi connectivity index (χ1n) is 10.4. The fourth-order valence-corrected chi connectivity index (χ4v) is 4.94. The number of ether oxygens (including phenoxy) is 1. The van der Waals surface area contributed by atoms with Crippen LogP contribution in [-0.4, -0.2) is 27.8 Å². The summed E-state index contributed by atoms with van der Waals surface area (Å²) in [4.78, 5) is 43.7. The number of amides is 1. The number of anilines is 1. The van der Waals surface area contributed by atoms with Gasteiger partial charge in [-0.3, -0.25) is 19.3 Å². The highest BCUT2D eigenvalue weighted by molar-refractivity contribution is 7.22. The molecule has 0 radical (unpaired) electrons. The predicted molar refractivity (Wildman–Crippen MR) is 129 cm³/mol. The summed E-state index contributed by atoms with van der Waals surface area (Å²) in [6.07, 6.45) is 0. The number of aliphatic hydroxyl groups is 1. The number of carbonyl (C=O) groups is 3. The van der Waals surface area contributed by atoms with Crippen LogP contribution < -0.4 is 9.64 Å². The van der Waals surface area contributed by atoms with Crippen molar-refractivity contribution in [1.82, 2.24) is 4.98 Å². The van der Waals surface area contributed by atoms with Crippen molar-refractivity contribution in [2.45, 2.75) is 13.0 Å². The highest BCUT2D eigenvalue weighted by Gasteiger charge is 2.48. The molecule has 0 bridgehead atoms. The Morgan fingerprint density at radius 3 is 2.32 bits per heavy atom. The second-order valence-electron chi connectivity index (χ2n) is 7.66. The predicted octanol–water partition coefficient (Wildman–Crippen LogP) is 4.85. The zero-order valence-corrected chi connectivity index (χ0v) is 18.8. The monoisotopic (exact) mass is 470 g/mol. The first kappa shape index (κ1) is 21.5. The van der Waals surface area contributed by atoms with Crippen LogP contribution in [0.3, 0.4) is 0 Å². The Kier molecular flexibility index (Phi) is 5.43. The number of rotatable bonds is 4. The van der Waals surface area contributed by atoms with Gasteiger partial charge in [-0.2, -0.15) is 0 Å². The van der Waals surface area contributed by atoms with Crippen molar-refractivity contribution in [2.24, 2.45) is 0 Å². The van der Waals surface area contributed by atoms with Crippen LogP contribution in [0.15, 0.2) is 84.4 Å². The van der Waals surface area contributed by atoms with Crippen molar-refractivity contribution in [3.8, 4) is 5.75 Å². The summed E-state index contributed by atoms with van der Waals surface area (Å²) in [5.74, 6) is -1.97. The molecule has 1 fully saturated rings. The number of nitrogens with zero attached hydrogens (tertiary/aromatic N) is 2. The Hall–Kier alpha value is -4.30. The van der Waals surface area contributed by atoms with Crippen LogP contribution in [0, 0.1) is 0 Å².